The smallest absolute Gasteiger partial charge is 0.165 e. The SMILES string of the molecule is Fc1ccccc1Oc1cnn(CC2CNC2)c1. The van der Waals surface area contributed by atoms with Crippen molar-refractivity contribution in [1.29, 1.82) is 0 Å². The van der Waals surface area contributed by atoms with Gasteiger partial charge in [-0.1, -0.05) is 12.1 Å². The molecule has 0 spiro atoms. The number of aromatic nitrogens is 2. The molecule has 3 rings (SSSR count). The van der Waals surface area contributed by atoms with Crippen LogP contribution in [0.1, 0.15) is 0 Å². The molecule has 1 aromatic heterocycles. The second kappa shape index (κ2) is 4.78. The molecule has 0 aliphatic carbocycles. The van der Waals surface area contributed by atoms with Gasteiger partial charge in [0.25, 0.3) is 0 Å². The lowest BCUT2D eigenvalue weighted by atomic mass is 10.0. The molecule has 1 aliphatic heterocycles. The molecular formula is C13H14FN3O. The van der Waals surface area contributed by atoms with Gasteiger partial charge in [-0.2, -0.15) is 5.10 Å². The van der Waals surface area contributed by atoms with Crippen LogP contribution in [-0.2, 0) is 6.54 Å². The lowest BCUT2D eigenvalue weighted by molar-refractivity contribution is 0.295. The fourth-order valence-electron chi connectivity index (χ4n) is 1.89. The lowest BCUT2D eigenvalue weighted by Crippen LogP contribution is -2.44. The standard InChI is InChI=1S/C13H14FN3O/c14-12-3-1-2-4-13(12)18-11-7-16-17(9-11)8-10-5-15-6-10/h1-4,7,9-10,15H,5-6,8H2. The zero-order valence-corrected chi connectivity index (χ0v) is 9.84. The quantitative estimate of drug-likeness (QED) is 0.898. The Balaban J connectivity index is 1.67. The van der Waals surface area contributed by atoms with Crippen molar-refractivity contribution in [1.82, 2.24) is 15.1 Å². The molecule has 0 saturated carbocycles. The van der Waals surface area contributed by atoms with Crippen molar-refractivity contribution in [3.05, 3.63) is 42.5 Å². The molecule has 1 N–H and O–H groups in total. The van der Waals surface area contributed by atoms with E-state index in [2.05, 4.69) is 10.4 Å². The Hall–Kier alpha value is -1.88. The highest BCUT2D eigenvalue weighted by Gasteiger charge is 2.17. The minimum Gasteiger partial charge on any atom is -0.451 e. The molecule has 1 saturated heterocycles. The number of para-hydroxylation sites is 1. The maximum absolute atomic E-state index is 13.4. The van der Waals surface area contributed by atoms with Gasteiger partial charge in [-0.25, -0.2) is 4.39 Å². The summed E-state index contributed by atoms with van der Waals surface area (Å²) in [5, 5.41) is 7.42. The van der Waals surface area contributed by atoms with E-state index < -0.39 is 0 Å². The van der Waals surface area contributed by atoms with Crippen LogP contribution in [-0.4, -0.2) is 22.9 Å². The number of rotatable bonds is 4. The second-order valence-corrected chi connectivity index (χ2v) is 4.45. The van der Waals surface area contributed by atoms with E-state index >= 15 is 0 Å². The van der Waals surface area contributed by atoms with E-state index in [4.69, 9.17) is 4.74 Å². The Labute approximate surface area is 104 Å². The maximum atomic E-state index is 13.4. The number of nitrogens with zero attached hydrogens (tertiary/aromatic N) is 2. The van der Waals surface area contributed by atoms with Crippen LogP contribution in [0.25, 0.3) is 0 Å². The molecule has 2 heterocycles. The third-order valence-electron chi connectivity index (χ3n) is 2.99. The van der Waals surface area contributed by atoms with Crippen LogP contribution < -0.4 is 10.1 Å². The molecule has 5 heteroatoms. The molecule has 0 unspecified atom stereocenters. The Kier molecular flexibility index (Phi) is 2.98. The van der Waals surface area contributed by atoms with Gasteiger partial charge in [0.05, 0.1) is 12.4 Å². The minimum absolute atomic E-state index is 0.224. The first-order valence-corrected chi connectivity index (χ1v) is 5.97. The van der Waals surface area contributed by atoms with Crippen molar-refractivity contribution < 1.29 is 9.13 Å². The second-order valence-electron chi connectivity index (χ2n) is 4.45. The van der Waals surface area contributed by atoms with Crippen LogP contribution in [0.15, 0.2) is 36.7 Å². The molecule has 2 aromatic rings. The Morgan fingerprint density at radius 3 is 2.94 bits per heavy atom. The van der Waals surface area contributed by atoms with E-state index in [-0.39, 0.29) is 11.6 Å². The Bertz CT molecular complexity index is 537. The summed E-state index contributed by atoms with van der Waals surface area (Å²) >= 11 is 0. The first kappa shape index (κ1) is 11.2. The van der Waals surface area contributed by atoms with E-state index in [1.807, 2.05) is 4.68 Å². The molecule has 0 atom stereocenters. The molecule has 1 aromatic carbocycles. The summed E-state index contributed by atoms with van der Waals surface area (Å²) in [6.07, 6.45) is 3.41. The Morgan fingerprint density at radius 2 is 2.22 bits per heavy atom. The molecule has 0 bridgehead atoms. The summed E-state index contributed by atoms with van der Waals surface area (Å²) < 4.78 is 20.7. The van der Waals surface area contributed by atoms with Crippen LogP contribution >= 0.6 is 0 Å². The normalized spacial score (nSPS) is 15.4. The number of halogens is 1. The van der Waals surface area contributed by atoms with Crippen molar-refractivity contribution in [3.8, 4) is 11.5 Å². The zero-order chi connectivity index (χ0) is 12.4. The summed E-state index contributed by atoms with van der Waals surface area (Å²) in [7, 11) is 0. The number of hydrogen-bond acceptors (Lipinski definition) is 3. The molecular weight excluding hydrogens is 233 g/mol. The number of hydrogen-bond donors (Lipinski definition) is 1. The van der Waals surface area contributed by atoms with E-state index in [0.717, 1.165) is 19.6 Å². The van der Waals surface area contributed by atoms with Crippen molar-refractivity contribution in [2.75, 3.05) is 13.1 Å². The molecule has 4 nitrogen and oxygen atoms in total. The van der Waals surface area contributed by atoms with E-state index in [1.165, 1.54) is 6.07 Å². The summed E-state index contributed by atoms with van der Waals surface area (Å²) in [6.45, 7) is 2.93. The average molecular weight is 247 g/mol. The summed E-state index contributed by atoms with van der Waals surface area (Å²) in [5.41, 5.74) is 0. The van der Waals surface area contributed by atoms with Crippen LogP contribution in [0.5, 0.6) is 11.5 Å². The third kappa shape index (κ3) is 2.36. The van der Waals surface area contributed by atoms with Crippen LogP contribution in [0, 0.1) is 11.7 Å². The zero-order valence-electron chi connectivity index (χ0n) is 9.84. The largest absolute Gasteiger partial charge is 0.451 e. The topological polar surface area (TPSA) is 39.1 Å². The summed E-state index contributed by atoms with van der Waals surface area (Å²) in [6, 6.07) is 6.35. The fourth-order valence-corrected chi connectivity index (χ4v) is 1.89. The highest BCUT2D eigenvalue weighted by atomic mass is 19.1. The minimum atomic E-state index is -0.367. The Morgan fingerprint density at radius 1 is 1.39 bits per heavy atom. The van der Waals surface area contributed by atoms with Gasteiger partial charge in [0.1, 0.15) is 0 Å². The van der Waals surface area contributed by atoms with Crippen molar-refractivity contribution in [2.45, 2.75) is 6.54 Å². The predicted octanol–water partition coefficient (Wildman–Crippen LogP) is 2.03. The third-order valence-corrected chi connectivity index (χ3v) is 2.99. The van der Waals surface area contributed by atoms with E-state index in [1.54, 1.807) is 30.6 Å². The van der Waals surface area contributed by atoms with Gasteiger partial charge >= 0.3 is 0 Å². The van der Waals surface area contributed by atoms with E-state index in [9.17, 15) is 4.39 Å². The van der Waals surface area contributed by atoms with Crippen molar-refractivity contribution >= 4 is 0 Å². The molecule has 18 heavy (non-hydrogen) atoms. The summed E-state index contributed by atoms with van der Waals surface area (Å²) in [5.74, 6) is 1.05. The monoisotopic (exact) mass is 247 g/mol. The highest BCUT2D eigenvalue weighted by molar-refractivity contribution is 5.29. The molecule has 0 amide bonds. The van der Waals surface area contributed by atoms with Gasteiger partial charge in [-0.05, 0) is 12.1 Å². The predicted molar refractivity (Wildman–Crippen MR) is 65.1 cm³/mol. The van der Waals surface area contributed by atoms with Gasteiger partial charge in [0, 0.05) is 25.6 Å². The maximum Gasteiger partial charge on any atom is 0.165 e. The average Bonchev–Trinajstić information content (AvgIpc) is 2.75. The van der Waals surface area contributed by atoms with Gasteiger partial charge in [-0.15, -0.1) is 0 Å². The van der Waals surface area contributed by atoms with Gasteiger partial charge < -0.3 is 10.1 Å². The number of nitrogens with one attached hydrogen (secondary N) is 1. The number of ether oxygens (including phenoxy) is 1. The molecule has 1 fully saturated rings. The van der Waals surface area contributed by atoms with Crippen molar-refractivity contribution in [2.24, 2.45) is 5.92 Å². The molecule has 0 radical (unpaired) electrons. The lowest BCUT2D eigenvalue weighted by Gasteiger charge is -2.26. The first-order valence-electron chi connectivity index (χ1n) is 5.97. The number of benzene rings is 1. The van der Waals surface area contributed by atoms with Gasteiger partial charge in [0.15, 0.2) is 17.3 Å². The molecule has 1 aliphatic rings. The fraction of sp³-hybridized carbons (Fsp3) is 0.308. The van der Waals surface area contributed by atoms with Gasteiger partial charge in [0.2, 0.25) is 0 Å². The highest BCUT2D eigenvalue weighted by Crippen LogP contribution is 2.23. The molecule has 94 valence electrons. The van der Waals surface area contributed by atoms with Gasteiger partial charge in [-0.3, -0.25) is 4.68 Å². The van der Waals surface area contributed by atoms with E-state index in [0.29, 0.717) is 11.7 Å². The van der Waals surface area contributed by atoms with Crippen LogP contribution in [0.2, 0.25) is 0 Å². The first-order chi connectivity index (χ1) is 8.81. The van der Waals surface area contributed by atoms with Crippen molar-refractivity contribution in [3.63, 3.8) is 0 Å². The van der Waals surface area contributed by atoms with Crippen LogP contribution in [0.4, 0.5) is 4.39 Å². The van der Waals surface area contributed by atoms with Crippen LogP contribution in [0.3, 0.4) is 0 Å². The summed E-state index contributed by atoms with van der Waals surface area (Å²) in [4.78, 5) is 0.